The maximum absolute atomic E-state index is 10.4. The summed E-state index contributed by atoms with van der Waals surface area (Å²) in [5.74, 6) is 0.939. The minimum absolute atomic E-state index is 0.669. The summed E-state index contributed by atoms with van der Waals surface area (Å²) in [7, 11) is 0. The van der Waals surface area contributed by atoms with E-state index in [2.05, 4.69) is 9.88 Å². The lowest BCUT2D eigenvalue weighted by Crippen LogP contribution is -2.32. The fourth-order valence-electron chi connectivity index (χ4n) is 3.04. The molecule has 18 heavy (non-hydrogen) atoms. The summed E-state index contributed by atoms with van der Waals surface area (Å²) in [6.45, 7) is 1.13. The Hall–Kier alpha value is -1.84. The Morgan fingerprint density at radius 3 is 2.89 bits per heavy atom. The van der Waals surface area contributed by atoms with Gasteiger partial charge in [0.15, 0.2) is 0 Å². The minimum atomic E-state index is -0.934. The maximum atomic E-state index is 10.4. The van der Waals surface area contributed by atoms with Crippen molar-refractivity contribution < 1.29 is 9.90 Å². The number of fused-ring (bicyclic) bond motifs is 2. The molecule has 4 nitrogen and oxygen atoms in total. The first-order valence-electron chi connectivity index (χ1n) is 6.36. The monoisotopic (exact) mass is 244 g/mol. The Kier molecular flexibility index (Phi) is 2.78. The van der Waals surface area contributed by atoms with E-state index in [1.54, 1.807) is 12.3 Å². The number of nitrogens with zero attached hydrogens (tertiary/aromatic N) is 2. The van der Waals surface area contributed by atoms with E-state index >= 15 is 0 Å². The van der Waals surface area contributed by atoms with Crippen LogP contribution in [0.1, 0.15) is 24.8 Å². The zero-order valence-corrected chi connectivity index (χ0v) is 10.1. The van der Waals surface area contributed by atoms with Crippen molar-refractivity contribution in [1.29, 1.82) is 0 Å². The molecule has 94 valence electrons. The van der Waals surface area contributed by atoms with Gasteiger partial charge in [-0.15, -0.1) is 0 Å². The van der Waals surface area contributed by atoms with E-state index < -0.39 is 5.97 Å². The Morgan fingerprint density at radius 1 is 1.44 bits per heavy atom. The molecule has 1 aliphatic heterocycles. The van der Waals surface area contributed by atoms with Crippen LogP contribution < -0.4 is 4.90 Å². The van der Waals surface area contributed by atoms with Crippen molar-refractivity contribution in [3.8, 4) is 0 Å². The van der Waals surface area contributed by atoms with E-state index in [0.29, 0.717) is 6.04 Å². The maximum Gasteiger partial charge on any atom is 0.328 e. The van der Waals surface area contributed by atoms with Gasteiger partial charge in [0.05, 0.1) is 0 Å². The van der Waals surface area contributed by atoms with Gasteiger partial charge in [0.2, 0.25) is 0 Å². The van der Waals surface area contributed by atoms with Crippen LogP contribution in [-0.4, -0.2) is 28.6 Å². The highest BCUT2D eigenvalue weighted by Crippen LogP contribution is 2.39. The number of carboxylic acids is 1. The van der Waals surface area contributed by atoms with E-state index in [1.807, 2.05) is 12.1 Å². The summed E-state index contributed by atoms with van der Waals surface area (Å²) < 4.78 is 0. The zero-order chi connectivity index (χ0) is 12.5. The van der Waals surface area contributed by atoms with Crippen LogP contribution in [0.5, 0.6) is 0 Å². The highest BCUT2D eigenvalue weighted by atomic mass is 16.4. The first-order valence-corrected chi connectivity index (χ1v) is 6.36. The zero-order valence-electron chi connectivity index (χ0n) is 10.1. The molecule has 0 spiro atoms. The molecule has 2 atom stereocenters. The Bertz CT molecular complexity index is 481. The average molecular weight is 244 g/mol. The quantitative estimate of drug-likeness (QED) is 0.828. The number of piperidine rings is 1. The van der Waals surface area contributed by atoms with E-state index in [9.17, 15) is 4.79 Å². The third kappa shape index (κ3) is 2.10. The van der Waals surface area contributed by atoms with Crippen molar-refractivity contribution in [3.63, 3.8) is 0 Å². The van der Waals surface area contributed by atoms with Gasteiger partial charge in [0.1, 0.15) is 5.82 Å². The van der Waals surface area contributed by atoms with Crippen molar-refractivity contribution in [2.45, 2.75) is 25.3 Å². The second-order valence-corrected chi connectivity index (χ2v) is 5.11. The van der Waals surface area contributed by atoms with Crippen molar-refractivity contribution in [2.24, 2.45) is 5.92 Å². The van der Waals surface area contributed by atoms with Crippen LogP contribution in [0, 0.1) is 5.92 Å². The molecule has 0 amide bonds. The van der Waals surface area contributed by atoms with Gasteiger partial charge >= 0.3 is 5.97 Å². The predicted molar refractivity (Wildman–Crippen MR) is 69.4 cm³/mol. The number of pyridine rings is 1. The predicted octanol–water partition coefficient (Wildman–Crippen LogP) is 2.17. The van der Waals surface area contributed by atoms with Gasteiger partial charge in [-0.25, -0.2) is 9.78 Å². The number of aromatic nitrogens is 1. The average Bonchev–Trinajstić information content (AvgIpc) is 2.99. The lowest BCUT2D eigenvalue weighted by molar-refractivity contribution is -0.131. The molecule has 3 rings (SSSR count). The number of carboxylic acid groups (broad SMARTS) is 1. The molecule has 2 fully saturated rings. The van der Waals surface area contributed by atoms with Gasteiger partial charge in [0.25, 0.3) is 0 Å². The molecule has 4 heteroatoms. The summed E-state index contributed by atoms with van der Waals surface area (Å²) in [6.07, 6.45) is 8.39. The molecule has 1 saturated heterocycles. The largest absolute Gasteiger partial charge is 0.478 e. The van der Waals surface area contributed by atoms with Crippen molar-refractivity contribution in [1.82, 2.24) is 4.98 Å². The van der Waals surface area contributed by atoms with Crippen LogP contribution in [0.15, 0.2) is 24.4 Å². The number of aliphatic carboxylic acids is 1. The lowest BCUT2D eigenvalue weighted by atomic mass is 10.1. The topological polar surface area (TPSA) is 53.4 Å². The first kappa shape index (κ1) is 11.3. The summed E-state index contributed by atoms with van der Waals surface area (Å²) >= 11 is 0. The van der Waals surface area contributed by atoms with Crippen LogP contribution >= 0.6 is 0 Å². The second-order valence-electron chi connectivity index (χ2n) is 5.11. The lowest BCUT2D eigenvalue weighted by Gasteiger charge is -2.27. The van der Waals surface area contributed by atoms with Crippen LogP contribution in [0.25, 0.3) is 6.08 Å². The first-order chi connectivity index (χ1) is 8.72. The summed E-state index contributed by atoms with van der Waals surface area (Å²) in [5, 5.41) is 8.56. The van der Waals surface area contributed by atoms with E-state index in [1.165, 1.54) is 19.3 Å². The molecule has 1 aromatic heterocycles. The van der Waals surface area contributed by atoms with Gasteiger partial charge < -0.3 is 10.0 Å². The summed E-state index contributed by atoms with van der Waals surface area (Å²) in [6, 6.07) is 4.58. The van der Waals surface area contributed by atoms with Gasteiger partial charge in [-0.2, -0.15) is 0 Å². The third-order valence-corrected chi connectivity index (χ3v) is 3.89. The van der Waals surface area contributed by atoms with Crippen LogP contribution in [0.4, 0.5) is 5.82 Å². The smallest absolute Gasteiger partial charge is 0.328 e. The van der Waals surface area contributed by atoms with E-state index in [-0.39, 0.29) is 0 Å². The molecular weight excluding hydrogens is 228 g/mol. The third-order valence-electron chi connectivity index (χ3n) is 3.89. The fourth-order valence-corrected chi connectivity index (χ4v) is 3.04. The normalized spacial score (nSPS) is 26.1. The molecule has 1 saturated carbocycles. The standard InChI is InChI=1S/C14H16N2O2/c17-14(18)6-3-10-2-5-13(15-8-10)16-9-11-1-4-12(16)7-11/h2-3,5-6,8,11-12H,1,4,7,9H2,(H,17,18)/b6-3+. The minimum Gasteiger partial charge on any atom is -0.478 e. The van der Waals surface area contributed by atoms with Crippen molar-refractivity contribution in [3.05, 3.63) is 30.0 Å². The Balaban J connectivity index is 1.73. The van der Waals surface area contributed by atoms with Gasteiger partial charge in [-0.05, 0) is 49.0 Å². The van der Waals surface area contributed by atoms with Crippen molar-refractivity contribution >= 4 is 17.9 Å². The van der Waals surface area contributed by atoms with E-state index in [4.69, 9.17) is 5.11 Å². The number of hydrogen-bond donors (Lipinski definition) is 1. The molecule has 2 heterocycles. The second kappa shape index (κ2) is 4.44. The van der Waals surface area contributed by atoms with Gasteiger partial charge in [-0.3, -0.25) is 0 Å². The summed E-state index contributed by atoms with van der Waals surface area (Å²) in [4.78, 5) is 17.2. The molecule has 1 aliphatic carbocycles. The Morgan fingerprint density at radius 2 is 2.33 bits per heavy atom. The molecule has 0 radical (unpaired) electrons. The molecule has 2 unspecified atom stereocenters. The molecule has 0 aromatic carbocycles. The van der Waals surface area contributed by atoms with Gasteiger partial charge in [-0.1, -0.05) is 0 Å². The van der Waals surface area contributed by atoms with Crippen LogP contribution in [0.2, 0.25) is 0 Å². The fraction of sp³-hybridized carbons (Fsp3) is 0.429. The highest BCUT2D eigenvalue weighted by molar-refractivity contribution is 5.85. The number of carbonyl (C=O) groups is 1. The molecule has 2 bridgehead atoms. The number of anilines is 1. The van der Waals surface area contributed by atoms with Crippen molar-refractivity contribution in [2.75, 3.05) is 11.4 Å². The SMILES string of the molecule is O=C(O)/C=C/c1ccc(N2CC3CCC2C3)nc1. The highest BCUT2D eigenvalue weighted by Gasteiger charge is 2.38. The molecule has 1 aromatic rings. The molecule has 2 aliphatic rings. The van der Waals surface area contributed by atoms with Crippen LogP contribution in [-0.2, 0) is 4.79 Å². The number of rotatable bonds is 3. The molecular formula is C14H16N2O2. The van der Waals surface area contributed by atoms with Crippen LogP contribution in [0.3, 0.4) is 0 Å². The molecule has 1 N–H and O–H groups in total. The van der Waals surface area contributed by atoms with E-state index in [0.717, 1.165) is 29.9 Å². The summed E-state index contributed by atoms with van der Waals surface area (Å²) in [5.41, 5.74) is 0.825. The Labute approximate surface area is 106 Å². The number of hydrogen-bond acceptors (Lipinski definition) is 3. The van der Waals surface area contributed by atoms with Gasteiger partial charge in [0, 0.05) is 24.9 Å².